The third-order valence-electron chi connectivity index (χ3n) is 4.40. The summed E-state index contributed by atoms with van der Waals surface area (Å²) < 4.78 is 62.0. The summed E-state index contributed by atoms with van der Waals surface area (Å²) in [7, 11) is -1.66. The molecule has 2 N–H and O–H groups in total. The summed E-state index contributed by atoms with van der Waals surface area (Å²) in [5.74, 6) is -1.10. The van der Waals surface area contributed by atoms with Crippen LogP contribution in [0.5, 0.6) is 0 Å². The zero-order valence-corrected chi connectivity index (χ0v) is 19.0. The summed E-state index contributed by atoms with van der Waals surface area (Å²) in [4.78, 5) is 14.7. The van der Waals surface area contributed by atoms with Gasteiger partial charge in [-0.1, -0.05) is 28.4 Å². The van der Waals surface area contributed by atoms with Crippen molar-refractivity contribution in [3.63, 3.8) is 0 Å². The zero-order chi connectivity index (χ0) is 23.8. The van der Waals surface area contributed by atoms with E-state index < -0.39 is 51.4 Å². The summed E-state index contributed by atoms with van der Waals surface area (Å²) in [5, 5.41) is 13.3. The fourth-order valence-electron chi connectivity index (χ4n) is 2.96. The van der Waals surface area contributed by atoms with Crippen LogP contribution < -0.4 is 5.32 Å². The summed E-state index contributed by atoms with van der Waals surface area (Å²) in [6.07, 6.45) is -5.53. The highest BCUT2D eigenvalue weighted by Gasteiger charge is 2.46. The highest BCUT2D eigenvalue weighted by molar-refractivity contribution is 7.89. The number of aliphatic hydroxyl groups is 1. The average molecular weight is 466 g/mol. The van der Waals surface area contributed by atoms with Gasteiger partial charge in [-0.3, -0.25) is 14.7 Å². The lowest BCUT2D eigenvalue weighted by atomic mass is 9.92. The highest BCUT2D eigenvalue weighted by atomic mass is 32.2. The molecule has 1 aromatic rings. The molecule has 31 heavy (non-hydrogen) atoms. The first-order valence-electron chi connectivity index (χ1n) is 9.48. The Morgan fingerprint density at radius 2 is 1.94 bits per heavy atom. The molecular weight excluding hydrogens is 438 g/mol. The number of halogens is 4. The molecule has 1 heterocycles. The maximum absolute atomic E-state index is 14.7. The molecule has 0 saturated carbocycles. The van der Waals surface area contributed by atoms with Crippen molar-refractivity contribution in [2.24, 2.45) is 9.36 Å². The lowest BCUT2D eigenvalue weighted by molar-refractivity contribution is -0.117. The Bertz CT molecular complexity index is 923. The number of nitrogens with zero attached hydrogens (tertiary/aromatic N) is 2. The Morgan fingerprint density at radius 3 is 2.48 bits per heavy atom. The first-order valence-corrected chi connectivity index (χ1v) is 10.8. The molecule has 1 aliphatic heterocycles. The standard InChI is InChI=1S/C20H27F4N3O3S/c1-12-7-8-14(21)13(9-12)18(5)11-31(25-10-20(22,23)24)19(6,29)15(27-18)26-16(28)30-17(2,3)4/h7-9,29H,10-11H2,1-6H3,(H,26,27,28)/t18-,19?,31?/m0/s1. The first-order chi connectivity index (χ1) is 13.9. The summed E-state index contributed by atoms with van der Waals surface area (Å²) >= 11 is 0. The molecule has 11 heteroatoms. The van der Waals surface area contributed by atoms with Crippen LogP contribution in [0.3, 0.4) is 0 Å². The molecule has 0 radical (unpaired) electrons. The molecular formula is C20H27F4N3O3S. The molecule has 0 saturated heterocycles. The molecule has 0 fully saturated rings. The third-order valence-corrected chi connectivity index (χ3v) is 6.78. The van der Waals surface area contributed by atoms with Crippen LogP contribution in [0.15, 0.2) is 27.6 Å². The van der Waals surface area contributed by atoms with E-state index >= 15 is 0 Å². The minimum absolute atomic E-state index is 0.131. The van der Waals surface area contributed by atoms with Gasteiger partial charge in [0.25, 0.3) is 0 Å². The number of carbonyl (C=O) groups excluding carboxylic acids is 1. The SMILES string of the molecule is Cc1ccc(F)c([C@]2(C)C/S(=N\CC(F)(F)F)C(C)(O)C(NC(=O)OC(C)(C)C)=N2)c1. The Hall–Kier alpha value is -2.01. The monoisotopic (exact) mass is 465 g/mol. The number of rotatable bonds is 2. The zero-order valence-electron chi connectivity index (χ0n) is 18.2. The number of aryl methyl sites for hydroxylation is 1. The summed E-state index contributed by atoms with van der Waals surface area (Å²) in [6.45, 7) is 7.88. The van der Waals surface area contributed by atoms with Crippen LogP contribution in [-0.2, 0) is 21.0 Å². The van der Waals surface area contributed by atoms with Gasteiger partial charge in [-0.05, 0) is 47.6 Å². The van der Waals surface area contributed by atoms with Crippen LogP contribution in [0, 0.1) is 12.7 Å². The Labute approximate surface area is 181 Å². The summed E-state index contributed by atoms with van der Waals surface area (Å²) in [6, 6.07) is 4.33. The number of aliphatic imine (C=N–C) groups is 1. The molecule has 2 rings (SSSR count). The number of alkyl carbamates (subject to hydrolysis) is 1. The maximum Gasteiger partial charge on any atom is 0.413 e. The lowest BCUT2D eigenvalue weighted by Crippen LogP contribution is -2.57. The van der Waals surface area contributed by atoms with Gasteiger partial charge in [0.1, 0.15) is 18.0 Å². The number of nitrogens with one attached hydrogen (secondary N) is 1. The number of alkyl halides is 3. The van der Waals surface area contributed by atoms with Gasteiger partial charge in [0.2, 0.25) is 0 Å². The largest absolute Gasteiger partial charge is 0.444 e. The molecule has 0 aliphatic carbocycles. The van der Waals surface area contributed by atoms with Crippen molar-refractivity contribution in [1.82, 2.24) is 5.32 Å². The predicted molar refractivity (Wildman–Crippen MR) is 111 cm³/mol. The Balaban J connectivity index is 2.60. The van der Waals surface area contributed by atoms with Crippen molar-refractivity contribution in [2.75, 3.05) is 12.3 Å². The van der Waals surface area contributed by atoms with E-state index in [9.17, 15) is 27.5 Å². The van der Waals surface area contributed by atoms with Crippen molar-refractivity contribution in [1.29, 1.82) is 0 Å². The molecule has 0 aromatic heterocycles. The van der Waals surface area contributed by atoms with Crippen LogP contribution in [-0.4, -0.2) is 46.0 Å². The van der Waals surface area contributed by atoms with E-state index in [-0.39, 0.29) is 17.2 Å². The maximum atomic E-state index is 14.7. The first kappa shape index (κ1) is 25.3. The normalized spacial score (nSPS) is 27.1. The summed E-state index contributed by atoms with van der Waals surface area (Å²) in [5.41, 5.74) is -1.38. The van der Waals surface area contributed by atoms with E-state index in [1.165, 1.54) is 26.0 Å². The van der Waals surface area contributed by atoms with Gasteiger partial charge in [0.15, 0.2) is 10.8 Å². The van der Waals surface area contributed by atoms with E-state index in [0.717, 1.165) is 5.56 Å². The van der Waals surface area contributed by atoms with Crippen molar-refractivity contribution in [3.8, 4) is 0 Å². The number of amides is 1. The second-order valence-electron chi connectivity index (χ2n) is 8.74. The molecule has 3 atom stereocenters. The highest BCUT2D eigenvalue weighted by Crippen LogP contribution is 2.37. The molecule has 0 spiro atoms. The molecule has 1 aromatic carbocycles. The van der Waals surface area contributed by atoms with Crippen molar-refractivity contribution in [3.05, 3.63) is 35.1 Å². The van der Waals surface area contributed by atoms with Crippen molar-refractivity contribution >= 4 is 22.6 Å². The molecule has 2 unspecified atom stereocenters. The number of benzene rings is 1. The van der Waals surface area contributed by atoms with Crippen LogP contribution in [0.1, 0.15) is 45.7 Å². The second kappa shape index (κ2) is 8.50. The van der Waals surface area contributed by atoms with Crippen LogP contribution >= 0.6 is 0 Å². The molecule has 0 bridgehead atoms. The van der Waals surface area contributed by atoms with E-state index in [2.05, 4.69) is 14.7 Å². The van der Waals surface area contributed by atoms with Crippen LogP contribution in [0.2, 0.25) is 0 Å². The Morgan fingerprint density at radius 1 is 1.32 bits per heavy atom. The van der Waals surface area contributed by atoms with E-state index in [1.807, 2.05) is 0 Å². The number of hydrogen-bond donors (Lipinski definition) is 2. The Kier molecular flexibility index (Phi) is 6.92. The minimum atomic E-state index is -4.58. The van der Waals surface area contributed by atoms with Crippen molar-refractivity contribution in [2.45, 2.75) is 63.8 Å². The van der Waals surface area contributed by atoms with Gasteiger partial charge in [-0.15, -0.1) is 0 Å². The van der Waals surface area contributed by atoms with Gasteiger partial charge in [-0.2, -0.15) is 13.2 Å². The topological polar surface area (TPSA) is 83.3 Å². The fourth-order valence-corrected chi connectivity index (χ4v) is 4.96. The molecule has 1 amide bonds. The predicted octanol–water partition coefficient (Wildman–Crippen LogP) is 4.36. The minimum Gasteiger partial charge on any atom is -0.444 e. The average Bonchev–Trinajstić information content (AvgIpc) is 2.56. The smallest absolute Gasteiger partial charge is 0.413 e. The van der Waals surface area contributed by atoms with Gasteiger partial charge >= 0.3 is 12.3 Å². The lowest BCUT2D eigenvalue weighted by Gasteiger charge is -2.40. The number of ether oxygens (including phenoxy) is 1. The van der Waals surface area contributed by atoms with Gasteiger partial charge in [0.05, 0.1) is 5.54 Å². The molecule has 174 valence electrons. The molecule has 1 aliphatic rings. The number of carbonyl (C=O) groups is 1. The van der Waals surface area contributed by atoms with E-state index in [4.69, 9.17) is 4.74 Å². The van der Waals surface area contributed by atoms with Crippen molar-refractivity contribution < 1.29 is 32.2 Å². The quantitative estimate of drug-likeness (QED) is 0.637. The van der Waals surface area contributed by atoms with Gasteiger partial charge < -0.3 is 9.84 Å². The second-order valence-corrected chi connectivity index (χ2v) is 10.8. The van der Waals surface area contributed by atoms with Gasteiger partial charge in [0, 0.05) is 11.3 Å². The molecule has 6 nitrogen and oxygen atoms in total. The number of amidine groups is 1. The van der Waals surface area contributed by atoms with Crippen LogP contribution in [0.4, 0.5) is 22.4 Å². The van der Waals surface area contributed by atoms with Crippen LogP contribution in [0.25, 0.3) is 0 Å². The van der Waals surface area contributed by atoms with E-state index in [1.54, 1.807) is 33.8 Å². The van der Waals surface area contributed by atoms with Gasteiger partial charge in [-0.25, -0.2) is 9.18 Å². The fraction of sp³-hybridized carbons (Fsp3) is 0.600. The van der Waals surface area contributed by atoms with E-state index in [0.29, 0.717) is 0 Å². The third kappa shape index (κ3) is 6.49. The number of hydrogen-bond acceptors (Lipinski definition) is 5.